The Morgan fingerprint density at radius 3 is 2.67 bits per heavy atom. The molecule has 4 rings (SSSR count). The fraction of sp³-hybridized carbons (Fsp3) is 0.333. The van der Waals surface area contributed by atoms with Gasteiger partial charge in [0.2, 0.25) is 0 Å². The van der Waals surface area contributed by atoms with Crippen molar-refractivity contribution in [2.45, 2.75) is 30.5 Å². The third kappa shape index (κ3) is 3.80. The Kier molecular flexibility index (Phi) is 5.07. The average Bonchev–Trinajstić information content (AvgIpc) is 3.32. The molecule has 0 aliphatic carbocycles. The summed E-state index contributed by atoms with van der Waals surface area (Å²) in [7, 11) is -3.64. The number of para-hydroxylation sites is 1. The van der Waals surface area contributed by atoms with Crippen molar-refractivity contribution in [3.8, 4) is 0 Å². The third-order valence-corrected chi connectivity index (χ3v) is 7.72. The first-order valence-corrected chi connectivity index (χ1v) is 11.4. The van der Waals surface area contributed by atoms with E-state index in [4.69, 9.17) is 16.6 Å². The van der Waals surface area contributed by atoms with Crippen molar-refractivity contribution in [3.63, 3.8) is 0 Å². The van der Waals surface area contributed by atoms with Gasteiger partial charge >= 0.3 is 0 Å². The van der Waals surface area contributed by atoms with Crippen molar-refractivity contribution >= 4 is 49.7 Å². The highest BCUT2D eigenvalue weighted by Crippen LogP contribution is 2.29. The first-order chi connectivity index (χ1) is 12.9. The lowest BCUT2D eigenvalue weighted by atomic mass is 10.1. The number of hydrogen-bond donors (Lipinski definition) is 1. The van der Waals surface area contributed by atoms with Crippen LogP contribution in [0.15, 0.2) is 34.5 Å². The zero-order valence-electron chi connectivity index (χ0n) is 14.8. The highest BCUT2D eigenvalue weighted by atomic mass is 35.5. The second-order valence-corrected chi connectivity index (χ2v) is 10.2. The minimum Gasteiger partial charge on any atom is -0.356 e. The molecule has 0 radical (unpaired) electrons. The van der Waals surface area contributed by atoms with E-state index in [2.05, 4.69) is 14.6 Å². The lowest BCUT2D eigenvalue weighted by Crippen LogP contribution is -2.25. The van der Waals surface area contributed by atoms with Gasteiger partial charge in [-0.1, -0.05) is 23.7 Å². The lowest BCUT2D eigenvalue weighted by molar-refractivity contribution is 0.581. The van der Waals surface area contributed by atoms with Gasteiger partial charge in [-0.25, -0.2) is 23.1 Å². The summed E-state index contributed by atoms with van der Waals surface area (Å²) >= 11 is 6.88. The molecular weight excluding hydrogens is 404 g/mol. The van der Waals surface area contributed by atoms with Crippen molar-refractivity contribution < 1.29 is 8.42 Å². The minimum atomic E-state index is -3.64. The van der Waals surface area contributed by atoms with E-state index >= 15 is 0 Å². The Hall–Kier alpha value is -1.74. The molecule has 1 saturated heterocycles. The average molecular weight is 423 g/mol. The standard InChI is InChI=1S/C18H19ClN4O2S2/c1-12-5-4-6-13-17(12)21-15(22-18(13)23-9-2-3-10-23)11-20-27(24,25)16-8-7-14(19)26-16/h4-8,20H,2-3,9-11H2,1H3. The van der Waals surface area contributed by atoms with Gasteiger partial charge in [0.05, 0.1) is 16.4 Å². The number of aromatic nitrogens is 2. The van der Waals surface area contributed by atoms with Crippen LogP contribution >= 0.6 is 22.9 Å². The Bertz CT molecular complexity index is 1090. The van der Waals surface area contributed by atoms with E-state index in [1.165, 1.54) is 6.07 Å². The zero-order chi connectivity index (χ0) is 19.0. The first kappa shape index (κ1) is 18.6. The number of anilines is 1. The van der Waals surface area contributed by atoms with Crippen LogP contribution < -0.4 is 9.62 Å². The maximum atomic E-state index is 12.5. The molecule has 1 aromatic carbocycles. The molecule has 0 atom stereocenters. The number of benzene rings is 1. The molecule has 1 fully saturated rings. The number of nitrogens with one attached hydrogen (secondary N) is 1. The summed E-state index contributed by atoms with van der Waals surface area (Å²) in [6.45, 7) is 3.95. The number of halogens is 1. The predicted octanol–water partition coefficient (Wildman–Crippen LogP) is 3.73. The number of fused-ring (bicyclic) bond motifs is 1. The van der Waals surface area contributed by atoms with Crippen LogP contribution in [0, 0.1) is 6.92 Å². The molecule has 0 spiro atoms. The number of rotatable bonds is 5. The summed E-state index contributed by atoms with van der Waals surface area (Å²) in [6.07, 6.45) is 2.27. The number of hydrogen-bond acceptors (Lipinski definition) is 6. The molecule has 6 nitrogen and oxygen atoms in total. The number of aryl methyl sites for hydroxylation is 1. The molecule has 0 unspecified atom stereocenters. The summed E-state index contributed by atoms with van der Waals surface area (Å²) in [5.41, 5.74) is 1.91. The Morgan fingerprint density at radius 2 is 1.96 bits per heavy atom. The maximum absolute atomic E-state index is 12.5. The van der Waals surface area contributed by atoms with Gasteiger partial charge in [0, 0.05) is 18.5 Å². The lowest BCUT2D eigenvalue weighted by Gasteiger charge is -2.20. The van der Waals surface area contributed by atoms with Crippen molar-refractivity contribution in [1.29, 1.82) is 0 Å². The molecule has 9 heteroatoms. The predicted molar refractivity (Wildman–Crippen MR) is 109 cm³/mol. The highest BCUT2D eigenvalue weighted by molar-refractivity contribution is 7.91. The summed E-state index contributed by atoms with van der Waals surface area (Å²) in [6, 6.07) is 9.10. The van der Waals surface area contributed by atoms with Gasteiger partial charge in [-0.05, 0) is 43.5 Å². The largest absolute Gasteiger partial charge is 0.356 e. The molecule has 1 aliphatic rings. The quantitative estimate of drug-likeness (QED) is 0.678. The van der Waals surface area contributed by atoms with Crippen LogP contribution in [0.2, 0.25) is 4.34 Å². The van der Waals surface area contributed by atoms with Gasteiger partial charge in [-0.15, -0.1) is 11.3 Å². The molecular formula is C18H19ClN4O2S2. The van der Waals surface area contributed by atoms with Gasteiger partial charge < -0.3 is 4.90 Å². The number of sulfonamides is 1. The Labute approximate surface area is 167 Å². The highest BCUT2D eigenvalue weighted by Gasteiger charge is 2.21. The fourth-order valence-corrected chi connectivity index (χ4v) is 5.75. The van der Waals surface area contributed by atoms with E-state index in [1.54, 1.807) is 6.07 Å². The summed E-state index contributed by atoms with van der Waals surface area (Å²) in [5.74, 6) is 1.35. The van der Waals surface area contributed by atoms with Gasteiger partial charge in [-0.2, -0.15) is 0 Å². The molecule has 0 amide bonds. The summed E-state index contributed by atoms with van der Waals surface area (Å²) in [4.78, 5) is 11.6. The smallest absolute Gasteiger partial charge is 0.250 e. The first-order valence-electron chi connectivity index (χ1n) is 8.70. The normalized spacial score (nSPS) is 15.0. The van der Waals surface area contributed by atoms with Crippen LogP contribution in [0.4, 0.5) is 5.82 Å². The molecule has 142 valence electrons. The Morgan fingerprint density at radius 1 is 1.19 bits per heavy atom. The maximum Gasteiger partial charge on any atom is 0.250 e. The van der Waals surface area contributed by atoms with E-state index in [9.17, 15) is 8.42 Å². The SMILES string of the molecule is Cc1cccc2c(N3CCCC3)nc(CNS(=O)(=O)c3ccc(Cl)s3)nc12. The van der Waals surface area contributed by atoms with Gasteiger partial charge in [-0.3, -0.25) is 0 Å². The molecule has 27 heavy (non-hydrogen) atoms. The summed E-state index contributed by atoms with van der Waals surface area (Å²) in [5, 5.41) is 1.01. The van der Waals surface area contributed by atoms with Crippen LogP contribution in [0.25, 0.3) is 10.9 Å². The van der Waals surface area contributed by atoms with Crippen molar-refractivity contribution in [3.05, 3.63) is 46.1 Å². The second-order valence-electron chi connectivity index (χ2n) is 6.51. The topological polar surface area (TPSA) is 75.2 Å². The van der Waals surface area contributed by atoms with Crippen molar-refractivity contribution in [2.24, 2.45) is 0 Å². The second kappa shape index (κ2) is 7.35. The van der Waals surface area contributed by atoms with Crippen LogP contribution in [0.3, 0.4) is 0 Å². The van der Waals surface area contributed by atoms with Crippen molar-refractivity contribution in [1.82, 2.24) is 14.7 Å². The van der Waals surface area contributed by atoms with Crippen LogP contribution in [0.1, 0.15) is 24.2 Å². The van der Waals surface area contributed by atoms with Gasteiger partial charge in [0.1, 0.15) is 15.9 Å². The van der Waals surface area contributed by atoms with E-state index in [0.717, 1.165) is 59.6 Å². The monoisotopic (exact) mass is 422 g/mol. The van der Waals surface area contributed by atoms with Gasteiger partial charge in [0.25, 0.3) is 10.0 Å². The van der Waals surface area contributed by atoms with E-state index < -0.39 is 10.0 Å². The molecule has 1 N–H and O–H groups in total. The van der Waals surface area contributed by atoms with E-state index in [-0.39, 0.29) is 10.8 Å². The van der Waals surface area contributed by atoms with Crippen LogP contribution in [0.5, 0.6) is 0 Å². The van der Waals surface area contributed by atoms with Crippen molar-refractivity contribution in [2.75, 3.05) is 18.0 Å². The molecule has 1 aliphatic heterocycles. The molecule has 0 bridgehead atoms. The Balaban J connectivity index is 1.68. The van der Waals surface area contributed by atoms with E-state index in [1.807, 2.05) is 25.1 Å². The number of nitrogens with zero attached hydrogens (tertiary/aromatic N) is 3. The van der Waals surface area contributed by atoms with Crippen LogP contribution in [-0.2, 0) is 16.6 Å². The summed E-state index contributed by atoms with van der Waals surface area (Å²) < 4.78 is 28.1. The third-order valence-electron chi connectivity index (χ3n) is 4.59. The molecule has 3 heterocycles. The zero-order valence-corrected chi connectivity index (χ0v) is 17.2. The fourth-order valence-electron chi connectivity index (χ4n) is 3.25. The minimum absolute atomic E-state index is 0.0307. The molecule has 3 aromatic rings. The molecule has 0 saturated carbocycles. The van der Waals surface area contributed by atoms with Gasteiger partial charge in [0.15, 0.2) is 0 Å². The molecule has 2 aromatic heterocycles. The number of thiophene rings is 1. The van der Waals surface area contributed by atoms with Crippen LogP contribution in [-0.4, -0.2) is 31.5 Å². The van der Waals surface area contributed by atoms with E-state index in [0.29, 0.717) is 10.2 Å².